The summed E-state index contributed by atoms with van der Waals surface area (Å²) in [6, 6.07) is 0. The summed E-state index contributed by atoms with van der Waals surface area (Å²) in [4.78, 5) is 0. The fourth-order valence-electron chi connectivity index (χ4n) is 0.917. The quantitative estimate of drug-likeness (QED) is 0.494. The van der Waals surface area contributed by atoms with Crippen molar-refractivity contribution in [1.82, 2.24) is 0 Å². The van der Waals surface area contributed by atoms with Crippen molar-refractivity contribution in [3.05, 3.63) is 12.7 Å². The molecule has 0 spiro atoms. The van der Waals surface area contributed by atoms with Crippen molar-refractivity contribution in [2.24, 2.45) is 11.1 Å². The van der Waals surface area contributed by atoms with Gasteiger partial charge in [-0.25, -0.2) is 0 Å². The molecule has 0 bridgehead atoms. The molecule has 0 saturated carbocycles. The predicted octanol–water partition coefficient (Wildman–Crippen LogP) is 1.82. The van der Waals surface area contributed by atoms with E-state index in [0.29, 0.717) is 11.2 Å². The fourth-order valence-corrected chi connectivity index (χ4v) is 1.51. The van der Waals surface area contributed by atoms with E-state index in [1.807, 2.05) is 6.08 Å². The van der Waals surface area contributed by atoms with Crippen molar-refractivity contribution in [2.75, 3.05) is 13.7 Å². The van der Waals surface area contributed by atoms with Gasteiger partial charge in [-0.1, -0.05) is 24.9 Å². The van der Waals surface area contributed by atoms with Gasteiger partial charge in [0.25, 0.3) is 0 Å². The topological polar surface area (TPSA) is 35.2 Å². The summed E-state index contributed by atoms with van der Waals surface area (Å²) in [5.41, 5.74) is 0. The first-order chi connectivity index (χ1) is 5.26. The van der Waals surface area contributed by atoms with Crippen LogP contribution in [0.25, 0.3) is 0 Å². The van der Waals surface area contributed by atoms with Crippen LogP contribution in [-0.2, 0) is 4.74 Å². The predicted molar refractivity (Wildman–Crippen MR) is 51.4 cm³/mol. The van der Waals surface area contributed by atoms with Gasteiger partial charge in [0.05, 0.1) is 6.61 Å². The number of hydrogen-bond donors (Lipinski definition) is 1. The standard InChI is InChI=1S/C8H17NOS/c1-4-5-7(2)8(11-9)6-10-3/h4,7-8H,1,5-6,9H2,2-3H3. The molecule has 0 aliphatic rings. The molecule has 0 saturated heterocycles. The van der Waals surface area contributed by atoms with Crippen LogP contribution in [0.1, 0.15) is 13.3 Å². The van der Waals surface area contributed by atoms with Gasteiger partial charge in [-0.05, 0) is 12.3 Å². The van der Waals surface area contributed by atoms with Crippen LogP contribution in [-0.4, -0.2) is 19.0 Å². The summed E-state index contributed by atoms with van der Waals surface area (Å²) in [5.74, 6) is 0.544. The van der Waals surface area contributed by atoms with Gasteiger partial charge in [-0.2, -0.15) is 0 Å². The molecular formula is C8H17NOS. The summed E-state index contributed by atoms with van der Waals surface area (Å²) in [7, 11) is 1.70. The SMILES string of the molecule is C=CCC(C)C(COC)SN. The minimum Gasteiger partial charge on any atom is -0.383 e. The lowest BCUT2D eigenvalue weighted by Gasteiger charge is -2.18. The van der Waals surface area contributed by atoms with E-state index in [1.54, 1.807) is 7.11 Å². The molecule has 2 N–H and O–H groups in total. The number of hydrogen-bond acceptors (Lipinski definition) is 3. The van der Waals surface area contributed by atoms with Crippen LogP contribution in [0.2, 0.25) is 0 Å². The van der Waals surface area contributed by atoms with E-state index in [1.165, 1.54) is 11.9 Å². The molecule has 0 rings (SSSR count). The maximum Gasteiger partial charge on any atom is 0.0596 e. The molecule has 0 aromatic rings. The highest BCUT2D eigenvalue weighted by molar-refractivity contribution is 7.97. The summed E-state index contributed by atoms with van der Waals surface area (Å²) in [5, 5.41) is 5.88. The Hall–Kier alpha value is 0.01000. The Morgan fingerprint density at radius 3 is 2.73 bits per heavy atom. The smallest absolute Gasteiger partial charge is 0.0596 e. The van der Waals surface area contributed by atoms with E-state index in [9.17, 15) is 0 Å². The van der Waals surface area contributed by atoms with Crippen LogP contribution >= 0.6 is 11.9 Å². The minimum absolute atomic E-state index is 0.387. The van der Waals surface area contributed by atoms with Gasteiger partial charge < -0.3 is 4.74 Å². The lowest BCUT2D eigenvalue weighted by atomic mass is 10.0. The van der Waals surface area contributed by atoms with E-state index >= 15 is 0 Å². The second kappa shape index (κ2) is 6.70. The first-order valence-electron chi connectivity index (χ1n) is 3.71. The van der Waals surface area contributed by atoms with Gasteiger partial charge in [-0.3, -0.25) is 5.14 Å². The molecule has 66 valence electrons. The van der Waals surface area contributed by atoms with Crippen molar-refractivity contribution >= 4 is 11.9 Å². The van der Waals surface area contributed by atoms with Crippen molar-refractivity contribution in [3.63, 3.8) is 0 Å². The molecule has 0 amide bonds. The lowest BCUT2D eigenvalue weighted by Crippen LogP contribution is -2.21. The van der Waals surface area contributed by atoms with Gasteiger partial charge in [0.1, 0.15) is 0 Å². The van der Waals surface area contributed by atoms with Crippen molar-refractivity contribution in [1.29, 1.82) is 0 Å². The van der Waals surface area contributed by atoms with E-state index in [-0.39, 0.29) is 0 Å². The Morgan fingerprint density at radius 1 is 1.73 bits per heavy atom. The Morgan fingerprint density at radius 2 is 2.36 bits per heavy atom. The van der Waals surface area contributed by atoms with Crippen molar-refractivity contribution in [3.8, 4) is 0 Å². The zero-order valence-electron chi connectivity index (χ0n) is 7.25. The molecule has 0 heterocycles. The van der Waals surface area contributed by atoms with E-state index in [2.05, 4.69) is 13.5 Å². The zero-order chi connectivity index (χ0) is 8.69. The second-order valence-electron chi connectivity index (χ2n) is 2.63. The summed E-state index contributed by atoms with van der Waals surface area (Å²) < 4.78 is 5.03. The van der Waals surface area contributed by atoms with Crippen LogP contribution in [0, 0.1) is 5.92 Å². The zero-order valence-corrected chi connectivity index (χ0v) is 8.06. The first kappa shape index (κ1) is 11.0. The van der Waals surface area contributed by atoms with E-state index in [4.69, 9.17) is 9.88 Å². The highest BCUT2D eigenvalue weighted by Gasteiger charge is 2.14. The number of allylic oxidation sites excluding steroid dienone is 1. The molecule has 0 fully saturated rings. The number of ether oxygens (including phenoxy) is 1. The van der Waals surface area contributed by atoms with Crippen LogP contribution in [0.15, 0.2) is 12.7 Å². The van der Waals surface area contributed by atoms with E-state index < -0.39 is 0 Å². The lowest BCUT2D eigenvalue weighted by molar-refractivity contribution is 0.186. The highest BCUT2D eigenvalue weighted by atomic mass is 32.2. The third kappa shape index (κ3) is 4.45. The molecule has 2 unspecified atom stereocenters. The largest absolute Gasteiger partial charge is 0.383 e. The van der Waals surface area contributed by atoms with Gasteiger partial charge in [-0.15, -0.1) is 6.58 Å². The average molecular weight is 175 g/mol. The Bertz CT molecular complexity index is 108. The Kier molecular flexibility index (Phi) is 6.71. The summed E-state index contributed by atoms with van der Waals surface area (Å²) in [6.07, 6.45) is 2.92. The maximum absolute atomic E-state index is 5.49. The normalized spacial score (nSPS) is 15.9. The Labute approximate surface area is 73.3 Å². The third-order valence-corrected chi connectivity index (χ3v) is 2.63. The van der Waals surface area contributed by atoms with Crippen LogP contribution in [0.5, 0.6) is 0 Å². The first-order valence-corrected chi connectivity index (χ1v) is 4.65. The van der Waals surface area contributed by atoms with Gasteiger partial charge in [0, 0.05) is 12.4 Å². The molecular weight excluding hydrogens is 158 g/mol. The molecule has 0 aromatic heterocycles. The molecule has 11 heavy (non-hydrogen) atoms. The maximum atomic E-state index is 5.49. The molecule has 0 radical (unpaired) electrons. The van der Waals surface area contributed by atoms with Gasteiger partial charge in [0.15, 0.2) is 0 Å². The molecule has 2 nitrogen and oxygen atoms in total. The molecule has 0 aliphatic heterocycles. The molecule has 0 aromatic carbocycles. The number of methoxy groups -OCH3 is 1. The van der Waals surface area contributed by atoms with Crippen molar-refractivity contribution < 1.29 is 4.74 Å². The summed E-state index contributed by atoms with van der Waals surface area (Å²) >= 11 is 1.37. The summed E-state index contributed by atoms with van der Waals surface area (Å²) in [6.45, 7) is 6.56. The highest BCUT2D eigenvalue weighted by Crippen LogP contribution is 2.18. The van der Waals surface area contributed by atoms with E-state index in [0.717, 1.165) is 13.0 Å². The molecule has 3 heteroatoms. The van der Waals surface area contributed by atoms with Crippen LogP contribution in [0.3, 0.4) is 0 Å². The van der Waals surface area contributed by atoms with Crippen LogP contribution in [0.4, 0.5) is 0 Å². The third-order valence-electron chi connectivity index (χ3n) is 1.68. The van der Waals surface area contributed by atoms with Gasteiger partial charge >= 0.3 is 0 Å². The number of nitrogens with two attached hydrogens (primary N) is 1. The molecule has 2 atom stereocenters. The average Bonchev–Trinajstić information content (AvgIpc) is 2.00. The van der Waals surface area contributed by atoms with Crippen molar-refractivity contribution in [2.45, 2.75) is 18.6 Å². The second-order valence-corrected chi connectivity index (χ2v) is 3.51. The minimum atomic E-state index is 0.387. The van der Waals surface area contributed by atoms with Crippen LogP contribution < -0.4 is 5.14 Å². The number of rotatable bonds is 6. The monoisotopic (exact) mass is 175 g/mol. The fraction of sp³-hybridized carbons (Fsp3) is 0.750. The van der Waals surface area contributed by atoms with Gasteiger partial charge in [0.2, 0.25) is 0 Å². The molecule has 0 aliphatic carbocycles. The Balaban J connectivity index is 3.70.